The molecule has 1 aromatic carbocycles. The molecule has 0 atom stereocenters. The normalized spacial score (nSPS) is 9.81. The summed E-state index contributed by atoms with van der Waals surface area (Å²) >= 11 is 0. The van der Waals surface area contributed by atoms with Gasteiger partial charge >= 0.3 is 0 Å². The Morgan fingerprint density at radius 3 is 2.69 bits per heavy atom. The number of hydrogen-bond acceptors (Lipinski definition) is 4. The first kappa shape index (κ1) is 10.3. The van der Waals surface area contributed by atoms with Crippen LogP contribution in [0.5, 0.6) is 5.88 Å². The lowest BCUT2D eigenvalue weighted by Crippen LogP contribution is -1.92. The SMILES string of the molecule is COc1ccc(-c2cccc(C=O)c2)nn1. The fourth-order valence-corrected chi connectivity index (χ4v) is 1.35. The van der Waals surface area contributed by atoms with E-state index in [1.807, 2.05) is 12.1 Å². The van der Waals surface area contributed by atoms with E-state index in [0.29, 0.717) is 17.1 Å². The standard InChI is InChI=1S/C12H10N2O2/c1-16-12-6-5-11(13-14-12)10-4-2-3-9(7-10)8-15/h2-8H,1H3. The Bertz CT molecular complexity index is 495. The number of nitrogens with zero attached hydrogens (tertiary/aromatic N) is 2. The van der Waals surface area contributed by atoms with E-state index < -0.39 is 0 Å². The molecule has 1 aromatic heterocycles. The van der Waals surface area contributed by atoms with E-state index in [-0.39, 0.29) is 0 Å². The monoisotopic (exact) mass is 214 g/mol. The molecule has 0 spiro atoms. The van der Waals surface area contributed by atoms with Crippen LogP contribution in [0, 0.1) is 0 Å². The van der Waals surface area contributed by atoms with Crippen molar-refractivity contribution in [1.29, 1.82) is 0 Å². The Balaban J connectivity index is 2.38. The van der Waals surface area contributed by atoms with Crippen molar-refractivity contribution < 1.29 is 9.53 Å². The zero-order valence-corrected chi connectivity index (χ0v) is 8.75. The molecule has 80 valence electrons. The van der Waals surface area contributed by atoms with Crippen LogP contribution < -0.4 is 4.74 Å². The van der Waals surface area contributed by atoms with E-state index in [0.717, 1.165) is 11.8 Å². The van der Waals surface area contributed by atoms with Crippen molar-refractivity contribution in [2.45, 2.75) is 0 Å². The summed E-state index contributed by atoms with van der Waals surface area (Å²) in [6, 6.07) is 10.7. The second-order valence-corrected chi connectivity index (χ2v) is 3.20. The maximum absolute atomic E-state index is 10.6. The fourth-order valence-electron chi connectivity index (χ4n) is 1.35. The van der Waals surface area contributed by atoms with Crippen molar-refractivity contribution in [2.24, 2.45) is 0 Å². The number of aromatic nitrogens is 2. The van der Waals surface area contributed by atoms with Crippen molar-refractivity contribution in [1.82, 2.24) is 10.2 Å². The Morgan fingerprint density at radius 1 is 1.19 bits per heavy atom. The van der Waals surface area contributed by atoms with Crippen LogP contribution in [0.2, 0.25) is 0 Å². The molecule has 2 aromatic rings. The Labute approximate surface area is 92.9 Å². The lowest BCUT2D eigenvalue weighted by molar-refractivity contribution is 0.112. The van der Waals surface area contributed by atoms with Crippen LogP contribution >= 0.6 is 0 Å². The van der Waals surface area contributed by atoms with Crippen LogP contribution in [0.15, 0.2) is 36.4 Å². The van der Waals surface area contributed by atoms with Crippen molar-refractivity contribution in [3.63, 3.8) is 0 Å². The fraction of sp³-hybridized carbons (Fsp3) is 0.0833. The highest BCUT2D eigenvalue weighted by Crippen LogP contribution is 2.18. The third-order valence-corrected chi connectivity index (χ3v) is 2.17. The van der Waals surface area contributed by atoms with Gasteiger partial charge in [-0.05, 0) is 12.1 Å². The molecule has 0 N–H and O–H groups in total. The first-order valence-electron chi connectivity index (χ1n) is 4.77. The van der Waals surface area contributed by atoms with E-state index in [4.69, 9.17) is 4.74 Å². The molecule has 0 aliphatic carbocycles. The number of carbonyl (C=O) groups is 1. The molecule has 1 heterocycles. The van der Waals surface area contributed by atoms with E-state index >= 15 is 0 Å². The van der Waals surface area contributed by atoms with E-state index in [1.54, 1.807) is 24.3 Å². The summed E-state index contributed by atoms with van der Waals surface area (Å²) in [5.74, 6) is 0.468. The van der Waals surface area contributed by atoms with Crippen molar-refractivity contribution in [3.8, 4) is 17.1 Å². The summed E-state index contributed by atoms with van der Waals surface area (Å²) in [5.41, 5.74) is 2.19. The van der Waals surface area contributed by atoms with Crippen molar-refractivity contribution >= 4 is 6.29 Å². The minimum absolute atomic E-state index is 0.468. The van der Waals surface area contributed by atoms with Gasteiger partial charge in [0.15, 0.2) is 0 Å². The summed E-state index contributed by atoms with van der Waals surface area (Å²) in [7, 11) is 1.54. The van der Waals surface area contributed by atoms with Gasteiger partial charge < -0.3 is 4.74 Å². The minimum Gasteiger partial charge on any atom is -0.480 e. The Hall–Kier alpha value is -2.23. The van der Waals surface area contributed by atoms with Gasteiger partial charge in [0.1, 0.15) is 6.29 Å². The lowest BCUT2D eigenvalue weighted by Gasteiger charge is -2.01. The van der Waals surface area contributed by atoms with Gasteiger partial charge in [-0.15, -0.1) is 10.2 Å². The van der Waals surface area contributed by atoms with E-state index in [9.17, 15) is 4.79 Å². The van der Waals surface area contributed by atoms with Crippen LogP contribution in [0.3, 0.4) is 0 Å². The van der Waals surface area contributed by atoms with Gasteiger partial charge in [-0.1, -0.05) is 18.2 Å². The molecular weight excluding hydrogens is 204 g/mol. The predicted molar refractivity (Wildman–Crippen MR) is 59.4 cm³/mol. The molecule has 4 nitrogen and oxygen atoms in total. The molecule has 0 aliphatic rings. The van der Waals surface area contributed by atoms with E-state index in [2.05, 4.69) is 10.2 Å². The number of benzene rings is 1. The summed E-state index contributed by atoms with van der Waals surface area (Å²) in [4.78, 5) is 10.6. The molecule has 0 unspecified atom stereocenters. The van der Waals surface area contributed by atoms with E-state index in [1.165, 1.54) is 7.11 Å². The highest BCUT2D eigenvalue weighted by atomic mass is 16.5. The molecule has 0 saturated heterocycles. The van der Waals surface area contributed by atoms with Gasteiger partial charge in [0.05, 0.1) is 12.8 Å². The average Bonchev–Trinajstić information content (AvgIpc) is 2.39. The molecule has 0 amide bonds. The maximum Gasteiger partial charge on any atom is 0.233 e. The number of aldehydes is 1. The van der Waals surface area contributed by atoms with Crippen LogP contribution in [0.1, 0.15) is 10.4 Å². The van der Waals surface area contributed by atoms with Crippen LogP contribution in [-0.4, -0.2) is 23.6 Å². The smallest absolute Gasteiger partial charge is 0.233 e. The average molecular weight is 214 g/mol. The number of rotatable bonds is 3. The molecule has 0 fully saturated rings. The van der Waals surface area contributed by atoms with Gasteiger partial charge in [0.2, 0.25) is 5.88 Å². The van der Waals surface area contributed by atoms with Crippen LogP contribution in [-0.2, 0) is 0 Å². The second-order valence-electron chi connectivity index (χ2n) is 3.20. The molecule has 4 heteroatoms. The Kier molecular flexibility index (Phi) is 2.91. The third kappa shape index (κ3) is 2.06. The molecule has 0 saturated carbocycles. The van der Waals surface area contributed by atoms with Crippen molar-refractivity contribution in [2.75, 3.05) is 7.11 Å². The van der Waals surface area contributed by atoms with Gasteiger partial charge in [-0.3, -0.25) is 4.79 Å². The van der Waals surface area contributed by atoms with Gasteiger partial charge in [-0.25, -0.2) is 0 Å². The van der Waals surface area contributed by atoms with Crippen LogP contribution in [0.25, 0.3) is 11.3 Å². The largest absolute Gasteiger partial charge is 0.480 e. The quantitative estimate of drug-likeness (QED) is 0.733. The number of hydrogen-bond donors (Lipinski definition) is 0. The predicted octanol–water partition coefficient (Wildman–Crippen LogP) is 1.96. The maximum atomic E-state index is 10.6. The molecule has 2 rings (SSSR count). The summed E-state index contributed by atoms with van der Waals surface area (Å²) in [6.07, 6.45) is 0.806. The third-order valence-electron chi connectivity index (χ3n) is 2.17. The second kappa shape index (κ2) is 4.53. The molecule has 0 aliphatic heterocycles. The zero-order valence-electron chi connectivity index (χ0n) is 8.75. The summed E-state index contributed by atoms with van der Waals surface area (Å²) in [6.45, 7) is 0. The molecule has 0 radical (unpaired) electrons. The first-order valence-corrected chi connectivity index (χ1v) is 4.77. The topological polar surface area (TPSA) is 52.1 Å². The highest BCUT2D eigenvalue weighted by molar-refractivity contribution is 5.78. The molecular formula is C12H10N2O2. The first-order chi connectivity index (χ1) is 7.83. The van der Waals surface area contributed by atoms with Gasteiger partial charge in [-0.2, -0.15) is 0 Å². The van der Waals surface area contributed by atoms with Crippen molar-refractivity contribution in [3.05, 3.63) is 42.0 Å². The number of ether oxygens (including phenoxy) is 1. The van der Waals surface area contributed by atoms with Gasteiger partial charge in [0.25, 0.3) is 0 Å². The number of methoxy groups -OCH3 is 1. The Morgan fingerprint density at radius 2 is 2.06 bits per heavy atom. The molecule has 0 bridgehead atoms. The number of carbonyl (C=O) groups excluding carboxylic acids is 1. The van der Waals surface area contributed by atoms with Crippen LogP contribution in [0.4, 0.5) is 0 Å². The lowest BCUT2D eigenvalue weighted by atomic mass is 10.1. The van der Waals surface area contributed by atoms with Gasteiger partial charge in [0, 0.05) is 17.2 Å². The summed E-state index contributed by atoms with van der Waals surface area (Å²) < 4.78 is 4.92. The zero-order chi connectivity index (χ0) is 11.4. The summed E-state index contributed by atoms with van der Waals surface area (Å²) in [5, 5.41) is 7.87. The minimum atomic E-state index is 0.468. The highest BCUT2D eigenvalue weighted by Gasteiger charge is 2.01. The molecule has 16 heavy (non-hydrogen) atoms.